The molecule has 0 spiro atoms. The topological polar surface area (TPSA) is 16.1 Å². The third kappa shape index (κ3) is 2.24. The van der Waals surface area contributed by atoms with Crippen molar-refractivity contribution in [2.45, 2.75) is 27.2 Å². The molecule has 2 nitrogen and oxygen atoms in total. The van der Waals surface area contributed by atoms with Crippen LogP contribution in [0.3, 0.4) is 0 Å². The van der Waals surface area contributed by atoms with E-state index in [2.05, 4.69) is 46.6 Å². The molecule has 3 heteroatoms. The van der Waals surface area contributed by atoms with Gasteiger partial charge in [-0.05, 0) is 52.7 Å². The monoisotopic (exact) mass is 282 g/mol. The molecule has 2 unspecified atom stereocenters. The normalized spacial score (nSPS) is 25.9. The van der Waals surface area contributed by atoms with Crippen molar-refractivity contribution in [3.63, 3.8) is 0 Å². The summed E-state index contributed by atoms with van der Waals surface area (Å²) in [4.78, 5) is 6.91. The van der Waals surface area contributed by atoms with Gasteiger partial charge in [-0.3, -0.25) is 0 Å². The molecule has 0 N–H and O–H groups in total. The number of pyridine rings is 1. The molecule has 16 heavy (non-hydrogen) atoms. The second-order valence-electron chi connectivity index (χ2n) is 4.95. The molecule has 2 atom stereocenters. The van der Waals surface area contributed by atoms with Gasteiger partial charge in [0.1, 0.15) is 5.82 Å². The van der Waals surface area contributed by atoms with Gasteiger partial charge in [0.15, 0.2) is 0 Å². The molecule has 0 aromatic carbocycles. The van der Waals surface area contributed by atoms with E-state index in [1.54, 1.807) is 0 Å². The lowest BCUT2D eigenvalue weighted by atomic mass is 9.89. The summed E-state index contributed by atoms with van der Waals surface area (Å²) in [6, 6.07) is 2.05. The molecule has 1 saturated heterocycles. The highest BCUT2D eigenvalue weighted by atomic mass is 79.9. The summed E-state index contributed by atoms with van der Waals surface area (Å²) in [5.41, 5.74) is 1.26. The summed E-state index contributed by atoms with van der Waals surface area (Å²) in [6.07, 6.45) is 3.17. The second kappa shape index (κ2) is 4.74. The van der Waals surface area contributed by atoms with Crippen LogP contribution in [0.4, 0.5) is 5.82 Å². The van der Waals surface area contributed by atoms with Gasteiger partial charge in [-0.25, -0.2) is 4.98 Å². The van der Waals surface area contributed by atoms with Gasteiger partial charge >= 0.3 is 0 Å². The first kappa shape index (κ1) is 11.9. The fourth-order valence-corrected chi connectivity index (χ4v) is 2.69. The van der Waals surface area contributed by atoms with E-state index in [1.165, 1.54) is 12.0 Å². The summed E-state index contributed by atoms with van der Waals surface area (Å²) in [7, 11) is 0. The van der Waals surface area contributed by atoms with Gasteiger partial charge in [-0.1, -0.05) is 13.8 Å². The number of aryl methyl sites for hydroxylation is 1. The van der Waals surface area contributed by atoms with Crippen LogP contribution in [0.2, 0.25) is 0 Å². The van der Waals surface area contributed by atoms with Gasteiger partial charge in [-0.2, -0.15) is 0 Å². The van der Waals surface area contributed by atoms with Crippen LogP contribution >= 0.6 is 15.9 Å². The Morgan fingerprint density at radius 1 is 1.38 bits per heavy atom. The third-order valence-electron chi connectivity index (χ3n) is 3.70. The number of hydrogen-bond acceptors (Lipinski definition) is 2. The first-order valence-electron chi connectivity index (χ1n) is 5.95. The van der Waals surface area contributed by atoms with E-state index in [0.717, 1.165) is 35.2 Å². The average molecular weight is 283 g/mol. The van der Waals surface area contributed by atoms with E-state index in [9.17, 15) is 0 Å². The Morgan fingerprint density at radius 3 is 2.81 bits per heavy atom. The molecule has 0 bridgehead atoms. The van der Waals surface area contributed by atoms with Crippen LogP contribution in [0.1, 0.15) is 25.8 Å². The maximum Gasteiger partial charge on any atom is 0.143 e. The molecular formula is C13H19BrN2. The van der Waals surface area contributed by atoms with Crippen LogP contribution in [-0.2, 0) is 0 Å². The highest BCUT2D eigenvalue weighted by molar-refractivity contribution is 9.10. The summed E-state index contributed by atoms with van der Waals surface area (Å²) in [6.45, 7) is 9.04. The molecule has 2 heterocycles. The fraction of sp³-hybridized carbons (Fsp3) is 0.615. The Morgan fingerprint density at radius 2 is 2.12 bits per heavy atom. The maximum absolute atomic E-state index is 4.50. The average Bonchev–Trinajstić information content (AvgIpc) is 2.26. The molecule has 2 rings (SSSR count). The van der Waals surface area contributed by atoms with Crippen molar-refractivity contribution in [2.24, 2.45) is 11.8 Å². The number of nitrogens with zero attached hydrogens (tertiary/aromatic N) is 2. The molecule has 1 aromatic rings. The molecule has 1 aliphatic heterocycles. The van der Waals surface area contributed by atoms with E-state index >= 15 is 0 Å². The van der Waals surface area contributed by atoms with Crippen molar-refractivity contribution < 1.29 is 0 Å². The lowest BCUT2D eigenvalue weighted by Gasteiger charge is -2.36. The van der Waals surface area contributed by atoms with Gasteiger partial charge < -0.3 is 4.90 Å². The molecule has 0 aliphatic carbocycles. The molecule has 0 amide bonds. The molecule has 1 aliphatic rings. The Labute approximate surface area is 106 Å². The van der Waals surface area contributed by atoms with Crippen molar-refractivity contribution in [1.29, 1.82) is 0 Å². The first-order chi connectivity index (χ1) is 7.59. The van der Waals surface area contributed by atoms with Crippen molar-refractivity contribution in [2.75, 3.05) is 18.0 Å². The van der Waals surface area contributed by atoms with Crippen LogP contribution in [-0.4, -0.2) is 18.1 Å². The van der Waals surface area contributed by atoms with Gasteiger partial charge in [0.05, 0.1) is 4.47 Å². The van der Waals surface area contributed by atoms with E-state index in [4.69, 9.17) is 0 Å². The maximum atomic E-state index is 4.50. The predicted molar refractivity (Wildman–Crippen MR) is 71.8 cm³/mol. The molecule has 0 radical (unpaired) electrons. The number of halogens is 1. The Kier molecular flexibility index (Phi) is 3.53. The summed E-state index contributed by atoms with van der Waals surface area (Å²) >= 11 is 3.65. The lowest BCUT2D eigenvalue weighted by molar-refractivity contribution is 0.322. The Bertz CT molecular complexity index is 378. The van der Waals surface area contributed by atoms with Crippen molar-refractivity contribution in [3.05, 3.63) is 22.3 Å². The van der Waals surface area contributed by atoms with Crippen LogP contribution in [0.5, 0.6) is 0 Å². The van der Waals surface area contributed by atoms with Crippen LogP contribution in [0, 0.1) is 18.8 Å². The van der Waals surface area contributed by atoms with Crippen LogP contribution < -0.4 is 4.90 Å². The minimum absolute atomic E-state index is 0.753. The molecular weight excluding hydrogens is 264 g/mol. The van der Waals surface area contributed by atoms with Gasteiger partial charge in [0.2, 0.25) is 0 Å². The minimum atomic E-state index is 0.753. The van der Waals surface area contributed by atoms with Crippen LogP contribution in [0.15, 0.2) is 16.7 Å². The summed E-state index contributed by atoms with van der Waals surface area (Å²) < 4.78 is 1.15. The number of anilines is 1. The molecule has 1 aromatic heterocycles. The molecule has 0 saturated carbocycles. The van der Waals surface area contributed by atoms with Gasteiger partial charge in [-0.15, -0.1) is 0 Å². The Hall–Kier alpha value is -0.570. The first-order valence-corrected chi connectivity index (χ1v) is 6.75. The largest absolute Gasteiger partial charge is 0.355 e. The summed E-state index contributed by atoms with van der Waals surface area (Å²) in [5.74, 6) is 2.70. The van der Waals surface area contributed by atoms with E-state index < -0.39 is 0 Å². The van der Waals surface area contributed by atoms with Gasteiger partial charge in [0, 0.05) is 19.3 Å². The van der Waals surface area contributed by atoms with E-state index in [1.807, 2.05) is 12.3 Å². The van der Waals surface area contributed by atoms with E-state index in [-0.39, 0.29) is 0 Å². The Balaban J connectivity index is 2.22. The van der Waals surface area contributed by atoms with Gasteiger partial charge in [0.25, 0.3) is 0 Å². The number of piperidine rings is 1. The number of rotatable bonds is 1. The van der Waals surface area contributed by atoms with Crippen molar-refractivity contribution >= 4 is 21.7 Å². The number of aromatic nitrogens is 1. The highest BCUT2D eigenvalue weighted by Crippen LogP contribution is 2.31. The zero-order valence-corrected chi connectivity index (χ0v) is 11.8. The summed E-state index contributed by atoms with van der Waals surface area (Å²) in [5, 5.41) is 0. The minimum Gasteiger partial charge on any atom is -0.355 e. The van der Waals surface area contributed by atoms with Crippen molar-refractivity contribution in [1.82, 2.24) is 4.98 Å². The SMILES string of the molecule is Cc1ccnc(N2CCC(C)C(C)C2)c1Br. The fourth-order valence-electron chi connectivity index (χ4n) is 2.20. The predicted octanol–water partition coefficient (Wildman–Crippen LogP) is 3.63. The highest BCUT2D eigenvalue weighted by Gasteiger charge is 2.24. The standard InChI is InChI=1S/C13H19BrN2/c1-9-5-7-16(8-11(9)3)13-12(14)10(2)4-6-15-13/h4,6,9,11H,5,7-8H2,1-3H3. The third-order valence-corrected chi connectivity index (χ3v) is 4.68. The molecule has 1 fully saturated rings. The van der Waals surface area contributed by atoms with Crippen molar-refractivity contribution in [3.8, 4) is 0 Å². The van der Waals surface area contributed by atoms with E-state index in [0.29, 0.717) is 0 Å². The quantitative estimate of drug-likeness (QED) is 0.782. The smallest absolute Gasteiger partial charge is 0.143 e. The zero-order valence-electron chi connectivity index (χ0n) is 10.2. The number of hydrogen-bond donors (Lipinski definition) is 0. The zero-order chi connectivity index (χ0) is 11.7. The second-order valence-corrected chi connectivity index (χ2v) is 5.75. The van der Waals surface area contributed by atoms with Crippen LogP contribution in [0.25, 0.3) is 0 Å². The molecule has 88 valence electrons. The lowest BCUT2D eigenvalue weighted by Crippen LogP contribution is -2.39.